The molecule has 0 aliphatic heterocycles. The number of aliphatic carboxylic acids is 1. The first kappa shape index (κ1) is 22.1. The highest BCUT2D eigenvalue weighted by atomic mass is 32.2. The lowest BCUT2D eigenvalue weighted by molar-refractivity contribution is -0.138. The van der Waals surface area contributed by atoms with Crippen LogP contribution in [0.15, 0.2) is 0 Å². The Hall–Kier alpha value is 0.130. The smallest absolute Gasteiger partial charge is 0.319 e. The highest BCUT2D eigenvalue weighted by molar-refractivity contribution is 8.24. The first-order chi connectivity index (χ1) is 10.3. The minimum atomic E-state index is -0.808. The minimum Gasteiger partial charge on any atom is -0.480 e. The van der Waals surface area contributed by atoms with Crippen molar-refractivity contribution in [2.75, 3.05) is 11.5 Å². The largest absolute Gasteiger partial charge is 0.480 e. The van der Waals surface area contributed by atoms with Crippen LogP contribution in [0.1, 0.15) is 72.1 Å². The van der Waals surface area contributed by atoms with Crippen molar-refractivity contribution < 1.29 is 9.90 Å². The summed E-state index contributed by atoms with van der Waals surface area (Å²) < 4.78 is 0.0153. The van der Waals surface area contributed by atoms with Gasteiger partial charge in [-0.3, -0.25) is 4.79 Å². The van der Waals surface area contributed by atoms with Gasteiger partial charge < -0.3 is 5.11 Å². The van der Waals surface area contributed by atoms with Crippen molar-refractivity contribution in [1.82, 2.24) is 0 Å². The maximum atomic E-state index is 11.0. The van der Waals surface area contributed by atoms with Gasteiger partial charge in [0.25, 0.3) is 0 Å². The number of thiocarbonyl (C=S) groups is 1. The lowest BCUT2D eigenvalue weighted by Gasteiger charge is -2.18. The van der Waals surface area contributed by atoms with E-state index in [1.807, 2.05) is 0 Å². The monoisotopic (exact) mass is 364 g/mol. The number of carboxylic acids is 1. The topological polar surface area (TPSA) is 37.3 Å². The summed E-state index contributed by atoms with van der Waals surface area (Å²) >= 11 is 6.60. The Labute approximate surface area is 148 Å². The molecule has 0 aliphatic carbocycles. The summed E-state index contributed by atoms with van der Waals surface area (Å²) in [4.78, 5) is 11.0. The molecule has 2 nitrogen and oxygen atoms in total. The Balaban J connectivity index is 3.59. The second-order valence-electron chi connectivity index (χ2n) is 6.18. The fraction of sp³-hybridized carbons (Fsp3) is 0.824. The van der Waals surface area contributed by atoms with Crippen LogP contribution in [0.4, 0.5) is 0 Å². The van der Waals surface area contributed by atoms with E-state index in [1.54, 1.807) is 13.8 Å². The van der Waals surface area contributed by atoms with Crippen LogP contribution in [0, 0.1) is 0 Å². The van der Waals surface area contributed by atoms with E-state index >= 15 is 0 Å². The van der Waals surface area contributed by atoms with Crippen molar-refractivity contribution in [3.8, 4) is 0 Å². The molecule has 1 unspecified atom stereocenters. The van der Waals surface area contributed by atoms with Crippen molar-refractivity contribution >= 4 is 50.5 Å². The van der Waals surface area contributed by atoms with Gasteiger partial charge in [-0.15, -0.1) is 11.8 Å². The molecule has 0 spiro atoms. The van der Waals surface area contributed by atoms with Crippen LogP contribution in [0.3, 0.4) is 0 Å². The SMILES string of the molecule is C=S(CCCCC)CCCCCCC(=S)SC(C)(C)C(=O)O. The number of rotatable bonds is 13. The molecule has 0 saturated heterocycles. The van der Waals surface area contributed by atoms with E-state index in [1.165, 1.54) is 61.8 Å². The summed E-state index contributed by atoms with van der Waals surface area (Å²) in [5.74, 6) is 6.01. The molecule has 0 aromatic carbocycles. The molecule has 0 saturated carbocycles. The van der Waals surface area contributed by atoms with Crippen molar-refractivity contribution in [2.45, 2.75) is 76.9 Å². The maximum absolute atomic E-state index is 11.0. The summed E-state index contributed by atoms with van der Waals surface area (Å²) in [5.41, 5.74) is 0. The van der Waals surface area contributed by atoms with E-state index in [0.29, 0.717) is 10.5 Å². The predicted molar refractivity (Wildman–Crippen MR) is 109 cm³/mol. The maximum Gasteiger partial charge on any atom is 0.319 e. The molecule has 0 radical (unpaired) electrons. The number of hydrogen-bond donors (Lipinski definition) is 1. The van der Waals surface area contributed by atoms with Crippen LogP contribution in [0.2, 0.25) is 0 Å². The second kappa shape index (κ2) is 12.5. The average Bonchev–Trinajstić information content (AvgIpc) is 2.42. The third kappa shape index (κ3) is 11.7. The average molecular weight is 365 g/mol. The van der Waals surface area contributed by atoms with Crippen molar-refractivity contribution in [1.29, 1.82) is 0 Å². The number of carboxylic acid groups (broad SMARTS) is 1. The van der Waals surface area contributed by atoms with Gasteiger partial charge in [-0.2, -0.15) is 10.5 Å². The molecule has 0 amide bonds. The standard InChI is InChI=1S/C17H32O2S3/c1-5-6-10-13-22(4)14-11-8-7-9-12-15(20)21-17(2,3)16(18)19/h4-14H2,1-3H3,(H,18,19). The fourth-order valence-corrected chi connectivity index (χ4v) is 5.07. The molecule has 0 heterocycles. The Bertz CT molecular complexity index is 365. The van der Waals surface area contributed by atoms with E-state index < -0.39 is 10.7 Å². The van der Waals surface area contributed by atoms with Gasteiger partial charge in [0.15, 0.2) is 0 Å². The van der Waals surface area contributed by atoms with E-state index in [2.05, 4.69) is 12.8 Å². The molecule has 0 rings (SSSR count). The van der Waals surface area contributed by atoms with Gasteiger partial charge in [-0.25, -0.2) is 0 Å². The van der Waals surface area contributed by atoms with E-state index in [4.69, 9.17) is 17.3 Å². The van der Waals surface area contributed by atoms with Crippen LogP contribution < -0.4 is 0 Å². The summed E-state index contributed by atoms with van der Waals surface area (Å²) in [5, 5.41) is 9.08. The van der Waals surface area contributed by atoms with Gasteiger partial charge in [-0.05, 0) is 51.0 Å². The molecule has 0 aromatic heterocycles. The predicted octanol–water partition coefficient (Wildman–Crippen LogP) is 5.75. The zero-order valence-electron chi connectivity index (χ0n) is 14.4. The highest BCUT2D eigenvalue weighted by Crippen LogP contribution is 2.28. The van der Waals surface area contributed by atoms with Crippen molar-refractivity contribution in [3.63, 3.8) is 0 Å². The zero-order chi connectivity index (χ0) is 17.0. The molecule has 130 valence electrons. The molecular weight excluding hydrogens is 332 g/mol. The summed E-state index contributed by atoms with van der Waals surface area (Å²) in [7, 11) is 0.350. The number of hydrogen-bond acceptors (Lipinski definition) is 3. The molecule has 0 aromatic rings. The van der Waals surface area contributed by atoms with Crippen LogP contribution in [0.5, 0.6) is 0 Å². The van der Waals surface area contributed by atoms with E-state index in [0.717, 1.165) is 17.0 Å². The Morgan fingerprint density at radius 1 is 1.14 bits per heavy atom. The fourth-order valence-electron chi connectivity index (χ4n) is 1.97. The van der Waals surface area contributed by atoms with Gasteiger partial charge in [0, 0.05) is 4.20 Å². The van der Waals surface area contributed by atoms with Crippen LogP contribution in [0.25, 0.3) is 0 Å². The number of thioether (sulfide) groups is 1. The quantitative estimate of drug-likeness (QED) is 0.333. The minimum absolute atomic E-state index is 0.350. The third-order valence-corrected chi connectivity index (χ3v) is 6.79. The third-order valence-electron chi connectivity index (χ3n) is 3.48. The molecule has 1 N–H and O–H groups in total. The summed E-state index contributed by atoms with van der Waals surface area (Å²) in [6.07, 6.45) is 9.55. The zero-order valence-corrected chi connectivity index (χ0v) is 16.8. The summed E-state index contributed by atoms with van der Waals surface area (Å²) in [6.45, 7) is 5.65. The number of carbonyl (C=O) groups is 1. The Morgan fingerprint density at radius 2 is 1.68 bits per heavy atom. The van der Waals surface area contributed by atoms with Gasteiger partial charge in [0.05, 0.1) is 0 Å². The molecule has 5 heteroatoms. The normalized spacial score (nSPS) is 13.0. The van der Waals surface area contributed by atoms with Gasteiger partial charge in [-0.1, -0.05) is 50.7 Å². The van der Waals surface area contributed by atoms with Gasteiger partial charge in [0.2, 0.25) is 0 Å². The van der Waals surface area contributed by atoms with Gasteiger partial charge in [0.1, 0.15) is 4.75 Å². The second-order valence-corrected chi connectivity index (χ2v) is 10.7. The first-order valence-corrected chi connectivity index (χ1v) is 11.2. The van der Waals surface area contributed by atoms with Crippen molar-refractivity contribution in [2.24, 2.45) is 0 Å². The molecule has 0 aliphatic rings. The van der Waals surface area contributed by atoms with E-state index in [-0.39, 0.29) is 0 Å². The molecule has 1 atom stereocenters. The molecule has 22 heavy (non-hydrogen) atoms. The lowest BCUT2D eigenvalue weighted by atomic mass is 10.2. The number of unbranched alkanes of at least 4 members (excludes halogenated alkanes) is 5. The Kier molecular flexibility index (Phi) is 12.6. The van der Waals surface area contributed by atoms with Crippen molar-refractivity contribution in [3.05, 3.63) is 0 Å². The lowest BCUT2D eigenvalue weighted by Crippen LogP contribution is -2.28. The van der Waals surface area contributed by atoms with Gasteiger partial charge >= 0.3 is 5.97 Å². The highest BCUT2D eigenvalue weighted by Gasteiger charge is 2.29. The van der Waals surface area contributed by atoms with Crippen LogP contribution >= 0.6 is 34.5 Å². The first-order valence-electron chi connectivity index (χ1n) is 8.22. The molecular formula is C17H32O2S3. The molecule has 0 bridgehead atoms. The summed E-state index contributed by atoms with van der Waals surface area (Å²) in [6, 6.07) is 0. The molecule has 0 fully saturated rings. The van der Waals surface area contributed by atoms with Crippen LogP contribution in [-0.2, 0) is 4.79 Å². The Morgan fingerprint density at radius 3 is 2.23 bits per heavy atom. The van der Waals surface area contributed by atoms with E-state index in [9.17, 15) is 4.79 Å². The van der Waals surface area contributed by atoms with Crippen LogP contribution in [-0.4, -0.2) is 37.4 Å².